The fourth-order valence-corrected chi connectivity index (χ4v) is 3.21. The summed E-state index contributed by atoms with van der Waals surface area (Å²) in [6.07, 6.45) is 3.80. The van der Waals surface area contributed by atoms with E-state index in [-0.39, 0.29) is 5.41 Å². The first-order valence-electron chi connectivity index (χ1n) is 6.53. The van der Waals surface area contributed by atoms with Gasteiger partial charge in [-0.1, -0.05) is 44.2 Å². The molecule has 0 bridgehead atoms. The second kappa shape index (κ2) is 3.41. The van der Waals surface area contributed by atoms with Gasteiger partial charge in [0.1, 0.15) is 0 Å². The molecule has 0 unspecified atom stereocenters. The Kier molecular flexibility index (Phi) is 1.92. The van der Waals surface area contributed by atoms with Crippen molar-refractivity contribution in [3.63, 3.8) is 0 Å². The summed E-state index contributed by atoms with van der Waals surface area (Å²) in [4.78, 5) is 9.20. The van der Waals surface area contributed by atoms with Crippen LogP contribution in [0.2, 0.25) is 0 Å². The van der Waals surface area contributed by atoms with Gasteiger partial charge in [-0.05, 0) is 22.6 Å². The molecule has 1 aromatic carbocycles. The second-order valence-electron chi connectivity index (χ2n) is 5.59. The third kappa shape index (κ3) is 1.26. The van der Waals surface area contributed by atoms with E-state index < -0.39 is 0 Å². The summed E-state index contributed by atoms with van der Waals surface area (Å²) in [6, 6.07) is 12.6. The minimum absolute atomic E-state index is 0.0349. The SMILES string of the molecule is CC1(C)c2cccnc2-c2ncc3ccccc3c21. The van der Waals surface area contributed by atoms with Crippen LogP contribution in [0.25, 0.3) is 22.2 Å². The second-order valence-corrected chi connectivity index (χ2v) is 5.59. The van der Waals surface area contributed by atoms with Gasteiger partial charge in [0.2, 0.25) is 0 Å². The normalized spacial score (nSPS) is 15.3. The van der Waals surface area contributed by atoms with Crippen LogP contribution in [0.4, 0.5) is 0 Å². The highest BCUT2D eigenvalue weighted by molar-refractivity contribution is 5.94. The van der Waals surface area contributed by atoms with Crippen LogP contribution in [0.3, 0.4) is 0 Å². The molecule has 4 rings (SSSR count). The van der Waals surface area contributed by atoms with Crippen molar-refractivity contribution >= 4 is 10.8 Å². The van der Waals surface area contributed by atoms with Gasteiger partial charge in [0.05, 0.1) is 11.4 Å². The zero-order valence-electron chi connectivity index (χ0n) is 11.0. The van der Waals surface area contributed by atoms with Crippen molar-refractivity contribution in [2.75, 3.05) is 0 Å². The number of aromatic nitrogens is 2. The van der Waals surface area contributed by atoms with Crippen molar-refractivity contribution in [3.05, 3.63) is 59.9 Å². The molecule has 1 aliphatic rings. The number of hydrogen-bond donors (Lipinski definition) is 0. The maximum absolute atomic E-state index is 4.66. The molecule has 0 N–H and O–H groups in total. The van der Waals surface area contributed by atoms with Crippen LogP contribution in [0, 0.1) is 0 Å². The lowest BCUT2D eigenvalue weighted by Gasteiger charge is -2.22. The lowest BCUT2D eigenvalue weighted by atomic mass is 9.81. The van der Waals surface area contributed by atoms with Crippen LogP contribution in [0.5, 0.6) is 0 Å². The largest absolute Gasteiger partial charge is 0.254 e. The molecule has 92 valence electrons. The van der Waals surface area contributed by atoms with Gasteiger partial charge in [-0.15, -0.1) is 0 Å². The Hall–Kier alpha value is -2.22. The van der Waals surface area contributed by atoms with Crippen LogP contribution in [0.1, 0.15) is 25.0 Å². The molecular formula is C17H14N2. The molecule has 19 heavy (non-hydrogen) atoms. The molecule has 0 amide bonds. The van der Waals surface area contributed by atoms with Gasteiger partial charge in [0.15, 0.2) is 0 Å². The Labute approximate surface area is 112 Å². The van der Waals surface area contributed by atoms with E-state index in [1.54, 1.807) is 0 Å². The summed E-state index contributed by atoms with van der Waals surface area (Å²) in [5.41, 5.74) is 4.62. The lowest BCUT2D eigenvalue weighted by Crippen LogP contribution is -2.15. The van der Waals surface area contributed by atoms with Crippen molar-refractivity contribution in [1.29, 1.82) is 0 Å². The molecular weight excluding hydrogens is 232 g/mol. The predicted octanol–water partition coefficient (Wildman–Crippen LogP) is 3.94. The molecule has 0 aliphatic heterocycles. The molecule has 1 aliphatic carbocycles. The van der Waals surface area contributed by atoms with Crippen molar-refractivity contribution in [1.82, 2.24) is 9.97 Å². The van der Waals surface area contributed by atoms with Gasteiger partial charge in [0.25, 0.3) is 0 Å². The topological polar surface area (TPSA) is 25.8 Å². The molecule has 0 radical (unpaired) electrons. The number of fused-ring (bicyclic) bond motifs is 5. The summed E-state index contributed by atoms with van der Waals surface area (Å²) in [6.45, 7) is 4.51. The maximum atomic E-state index is 4.66. The smallest absolute Gasteiger partial charge is 0.0936 e. The third-order valence-electron chi connectivity index (χ3n) is 4.13. The molecule has 0 saturated heterocycles. The number of pyridine rings is 2. The lowest BCUT2D eigenvalue weighted by molar-refractivity contribution is 0.664. The Bertz CT molecular complexity index is 803. The van der Waals surface area contributed by atoms with E-state index in [0.29, 0.717) is 0 Å². The molecule has 0 atom stereocenters. The van der Waals surface area contributed by atoms with E-state index in [0.717, 1.165) is 11.4 Å². The fraction of sp³-hybridized carbons (Fsp3) is 0.176. The van der Waals surface area contributed by atoms with E-state index in [1.807, 2.05) is 18.5 Å². The molecule has 0 spiro atoms. The Morgan fingerprint density at radius 3 is 2.63 bits per heavy atom. The zero-order valence-corrected chi connectivity index (χ0v) is 11.0. The minimum atomic E-state index is -0.0349. The average Bonchev–Trinajstić information content (AvgIpc) is 2.68. The van der Waals surface area contributed by atoms with Crippen molar-refractivity contribution in [2.24, 2.45) is 0 Å². The van der Waals surface area contributed by atoms with Gasteiger partial charge in [-0.2, -0.15) is 0 Å². The van der Waals surface area contributed by atoms with E-state index >= 15 is 0 Å². The summed E-state index contributed by atoms with van der Waals surface area (Å²) in [5.74, 6) is 0. The Morgan fingerprint density at radius 1 is 0.895 bits per heavy atom. The van der Waals surface area contributed by atoms with Gasteiger partial charge in [0, 0.05) is 23.2 Å². The van der Waals surface area contributed by atoms with Crippen molar-refractivity contribution in [2.45, 2.75) is 19.3 Å². The summed E-state index contributed by atoms with van der Waals surface area (Å²) in [5, 5.41) is 2.48. The summed E-state index contributed by atoms with van der Waals surface area (Å²) >= 11 is 0. The van der Waals surface area contributed by atoms with Crippen LogP contribution in [-0.2, 0) is 5.41 Å². The van der Waals surface area contributed by atoms with Gasteiger partial charge in [-0.25, -0.2) is 0 Å². The van der Waals surface area contributed by atoms with Gasteiger partial charge >= 0.3 is 0 Å². The Morgan fingerprint density at radius 2 is 1.74 bits per heavy atom. The summed E-state index contributed by atoms with van der Waals surface area (Å²) in [7, 11) is 0. The van der Waals surface area contributed by atoms with E-state index in [2.05, 4.69) is 54.1 Å². The van der Waals surface area contributed by atoms with Crippen LogP contribution in [-0.4, -0.2) is 9.97 Å². The molecule has 0 saturated carbocycles. The fourth-order valence-electron chi connectivity index (χ4n) is 3.21. The third-order valence-corrected chi connectivity index (χ3v) is 4.13. The first kappa shape index (κ1) is 10.7. The van der Waals surface area contributed by atoms with Crippen molar-refractivity contribution < 1.29 is 0 Å². The first-order valence-corrected chi connectivity index (χ1v) is 6.53. The van der Waals surface area contributed by atoms with E-state index in [9.17, 15) is 0 Å². The van der Waals surface area contributed by atoms with E-state index in [1.165, 1.54) is 21.9 Å². The van der Waals surface area contributed by atoms with E-state index in [4.69, 9.17) is 0 Å². The molecule has 2 aromatic heterocycles. The van der Waals surface area contributed by atoms with Gasteiger partial charge < -0.3 is 0 Å². The quantitative estimate of drug-likeness (QED) is 0.600. The average molecular weight is 246 g/mol. The highest BCUT2D eigenvalue weighted by atomic mass is 14.8. The van der Waals surface area contributed by atoms with Crippen molar-refractivity contribution in [3.8, 4) is 11.4 Å². The molecule has 2 heterocycles. The molecule has 2 nitrogen and oxygen atoms in total. The van der Waals surface area contributed by atoms with Crippen LogP contribution in [0.15, 0.2) is 48.8 Å². The zero-order chi connectivity index (χ0) is 13.0. The summed E-state index contributed by atoms with van der Waals surface area (Å²) < 4.78 is 0. The minimum Gasteiger partial charge on any atom is -0.254 e. The monoisotopic (exact) mass is 246 g/mol. The predicted molar refractivity (Wildman–Crippen MR) is 77.1 cm³/mol. The highest BCUT2D eigenvalue weighted by Gasteiger charge is 2.38. The number of rotatable bonds is 0. The first-order chi connectivity index (χ1) is 9.19. The number of nitrogens with zero attached hydrogens (tertiary/aromatic N) is 2. The Balaban J connectivity index is 2.20. The number of hydrogen-bond acceptors (Lipinski definition) is 2. The van der Waals surface area contributed by atoms with Crippen LogP contribution < -0.4 is 0 Å². The van der Waals surface area contributed by atoms with Gasteiger partial charge in [-0.3, -0.25) is 9.97 Å². The maximum Gasteiger partial charge on any atom is 0.0936 e. The standard InChI is InChI=1S/C17H14N2/c1-17(2)13-8-5-9-18-15(13)16-14(17)12-7-4-3-6-11(12)10-19-16/h3-10H,1-2H3. The molecule has 3 aromatic rings. The van der Waals surface area contributed by atoms with Crippen LogP contribution >= 0.6 is 0 Å². The number of benzene rings is 1. The molecule has 0 fully saturated rings. The molecule has 2 heteroatoms. The highest BCUT2D eigenvalue weighted by Crippen LogP contribution is 2.48.